The molecule has 0 radical (unpaired) electrons. The van der Waals surface area contributed by atoms with E-state index in [0.717, 1.165) is 16.7 Å². The third kappa shape index (κ3) is 4.63. The number of anilines is 1. The number of benzene rings is 2. The Morgan fingerprint density at radius 3 is 2.91 bits per heavy atom. The van der Waals surface area contributed by atoms with Gasteiger partial charge in [0.2, 0.25) is 5.62 Å². The molecule has 1 aliphatic heterocycles. The van der Waals surface area contributed by atoms with Crippen molar-refractivity contribution in [2.24, 2.45) is 4.99 Å². The van der Waals surface area contributed by atoms with Crippen molar-refractivity contribution < 1.29 is 24.0 Å². The Hall–Kier alpha value is -2.92. The Bertz CT molecular complexity index is 1220. The van der Waals surface area contributed by atoms with E-state index in [4.69, 9.17) is 4.74 Å². The number of carbonyl (C=O) groups excluding carboxylic acids is 2. The zero-order valence-electron chi connectivity index (χ0n) is 17.6. The van der Waals surface area contributed by atoms with Crippen LogP contribution < -0.4 is 10.5 Å². The molecule has 0 aliphatic carbocycles. The average molecular weight is 457 g/mol. The normalized spacial score (nSPS) is 16.0. The Kier molecular flexibility index (Phi) is 6.75. The zero-order valence-corrected chi connectivity index (χ0v) is 18.4. The summed E-state index contributed by atoms with van der Waals surface area (Å²) in [4.78, 5) is 34.7. The van der Waals surface area contributed by atoms with E-state index in [1.54, 1.807) is 35.4 Å². The van der Waals surface area contributed by atoms with E-state index in [9.17, 15) is 19.2 Å². The lowest BCUT2D eigenvalue weighted by atomic mass is 10.2. The summed E-state index contributed by atoms with van der Waals surface area (Å²) in [5.74, 6) is -0.575. The van der Waals surface area contributed by atoms with E-state index < -0.39 is 17.1 Å². The number of H-pyrrole nitrogens is 1. The van der Waals surface area contributed by atoms with Gasteiger partial charge in [0, 0.05) is 37.0 Å². The van der Waals surface area contributed by atoms with Gasteiger partial charge in [-0.3, -0.25) is 9.59 Å². The highest BCUT2D eigenvalue weighted by Gasteiger charge is 2.21. The fourth-order valence-electron chi connectivity index (χ4n) is 3.63. The Morgan fingerprint density at radius 1 is 1.31 bits per heavy atom. The SMILES string of the molecule is C[S+]([O-])c1cccc(C(=O)/N=c2\[nH]c3cc(N4CCOCC4=O)ccc3n2CCCO)c1. The molecule has 2 amide bonds. The monoisotopic (exact) mass is 456 g/mol. The van der Waals surface area contributed by atoms with Crippen molar-refractivity contribution in [1.29, 1.82) is 0 Å². The number of imidazole rings is 1. The Labute approximate surface area is 187 Å². The highest BCUT2D eigenvalue weighted by atomic mass is 32.2. The fraction of sp³-hybridized carbons (Fsp3) is 0.318. The minimum atomic E-state index is -1.21. The number of morpholine rings is 1. The van der Waals surface area contributed by atoms with Gasteiger partial charge in [-0.15, -0.1) is 0 Å². The number of amides is 2. The van der Waals surface area contributed by atoms with E-state index in [-0.39, 0.29) is 19.1 Å². The molecule has 1 fully saturated rings. The van der Waals surface area contributed by atoms with Gasteiger partial charge >= 0.3 is 0 Å². The molecule has 2 aromatic carbocycles. The topological polar surface area (TPSA) is 123 Å². The molecule has 1 aromatic heterocycles. The van der Waals surface area contributed by atoms with Crippen LogP contribution in [0.2, 0.25) is 0 Å². The predicted molar refractivity (Wildman–Crippen MR) is 120 cm³/mol. The van der Waals surface area contributed by atoms with Gasteiger partial charge in [-0.2, -0.15) is 4.99 Å². The van der Waals surface area contributed by atoms with Crippen LogP contribution in [-0.2, 0) is 27.3 Å². The summed E-state index contributed by atoms with van der Waals surface area (Å²) < 4.78 is 18.8. The van der Waals surface area contributed by atoms with Crippen molar-refractivity contribution in [3.05, 3.63) is 53.6 Å². The summed E-state index contributed by atoms with van der Waals surface area (Å²) in [6, 6.07) is 12.1. The summed E-state index contributed by atoms with van der Waals surface area (Å²) in [5, 5.41) is 9.31. The smallest absolute Gasteiger partial charge is 0.280 e. The van der Waals surface area contributed by atoms with E-state index in [2.05, 4.69) is 9.98 Å². The summed E-state index contributed by atoms with van der Waals surface area (Å²) in [6.45, 7) is 1.45. The number of carbonyl (C=O) groups is 2. The van der Waals surface area contributed by atoms with Crippen molar-refractivity contribution in [1.82, 2.24) is 9.55 Å². The van der Waals surface area contributed by atoms with Crippen LogP contribution in [0.3, 0.4) is 0 Å². The number of aromatic nitrogens is 2. The number of hydrogen-bond acceptors (Lipinski definition) is 5. The van der Waals surface area contributed by atoms with Gasteiger partial charge in [0.15, 0.2) is 4.90 Å². The van der Waals surface area contributed by atoms with Crippen LogP contribution in [0.1, 0.15) is 16.8 Å². The summed E-state index contributed by atoms with van der Waals surface area (Å²) in [7, 11) is 0. The standard InChI is InChI=1S/C22H24N4O5S/c1-32(30)17-5-2-4-15(12-17)21(29)24-22-23-18-13-16(25-9-11-31-14-20(25)28)6-7-19(18)26(22)8-3-10-27/h2,4-7,12-13,27H,3,8-11,14H2,1H3,(H,23,24,29). The second kappa shape index (κ2) is 9.70. The van der Waals surface area contributed by atoms with Gasteiger partial charge in [0.1, 0.15) is 12.9 Å². The molecular formula is C22H24N4O5S. The molecule has 32 heavy (non-hydrogen) atoms. The number of ether oxygens (including phenoxy) is 1. The molecule has 1 atom stereocenters. The molecule has 0 spiro atoms. The van der Waals surface area contributed by atoms with Crippen molar-refractivity contribution in [2.45, 2.75) is 17.9 Å². The van der Waals surface area contributed by atoms with Gasteiger partial charge < -0.3 is 28.8 Å². The number of aromatic amines is 1. The molecule has 9 nitrogen and oxygen atoms in total. The quantitative estimate of drug-likeness (QED) is 0.540. The molecule has 4 rings (SSSR count). The second-order valence-electron chi connectivity index (χ2n) is 7.38. The van der Waals surface area contributed by atoms with E-state index >= 15 is 0 Å². The molecule has 168 valence electrons. The molecule has 0 saturated carbocycles. The Balaban J connectivity index is 1.76. The highest BCUT2D eigenvalue weighted by Crippen LogP contribution is 2.22. The second-order valence-corrected chi connectivity index (χ2v) is 8.76. The lowest BCUT2D eigenvalue weighted by Gasteiger charge is -2.26. The van der Waals surface area contributed by atoms with E-state index in [0.29, 0.717) is 42.2 Å². The number of nitrogens with one attached hydrogen (secondary N) is 1. The van der Waals surface area contributed by atoms with Gasteiger partial charge in [-0.25, -0.2) is 0 Å². The summed E-state index contributed by atoms with van der Waals surface area (Å²) in [6.07, 6.45) is 2.04. The summed E-state index contributed by atoms with van der Waals surface area (Å²) in [5.41, 5.74) is 2.93. The van der Waals surface area contributed by atoms with Crippen molar-refractivity contribution >= 4 is 39.7 Å². The number of rotatable bonds is 6. The zero-order chi connectivity index (χ0) is 22.7. The van der Waals surface area contributed by atoms with Crippen LogP contribution in [0, 0.1) is 0 Å². The molecular weight excluding hydrogens is 432 g/mol. The lowest BCUT2D eigenvalue weighted by Crippen LogP contribution is -2.41. The van der Waals surface area contributed by atoms with Crippen LogP contribution in [0.4, 0.5) is 5.69 Å². The largest absolute Gasteiger partial charge is 0.612 e. The molecule has 1 aliphatic rings. The Morgan fingerprint density at radius 2 is 2.16 bits per heavy atom. The maximum absolute atomic E-state index is 12.8. The third-order valence-electron chi connectivity index (χ3n) is 5.23. The minimum Gasteiger partial charge on any atom is -0.612 e. The van der Waals surface area contributed by atoms with Gasteiger partial charge in [0.25, 0.3) is 11.8 Å². The first-order valence-corrected chi connectivity index (χ1v) is 11.8. The van der Waals surface area contributed by atoms with Gasteiger partial charge in [0.05, 0.1) is 17.6 Å². The molecule has 1 saturated heterocycles. The highest BCUT2D eigenvalue weighted by molar-refractivity contribution is 7.90. The van der Waals surface area contributed by atoms with Crippen LogP contribution in [-0.4, -0.2) is 63.6 Å². The van der Waals surface area contributed by atoms with Gasteiger partial charge in [-0.05, 0) is 47.9 Å². The van der Waals surface area contributed by atoms with Crippen LogP contribution in [0.5, 0.6) is 0 Å². The number of aliphatic hydroxyl groups is 1. The first-order chi connectivity index (χ1) is 15.5. The number of nitrogens with zero attached hydrogens (tertiary/aromatic N) is 3. The molecule has 2 heterocycles. The third-order valence-corrected chi connectivity index (χ3v) is 6.15. The fourth-order valence-corrected chi connectivity index (χ4v) is 4.20. The first-order valence-electron chi connectivity index (χ1n) is 10.2. The number of hydrogen-bond donors (Lipinski definition) is 2. The molecule has 1 unspecified atom stereocenters. The van der Waals surface area contributed by atoms with Crippen molar-refractivity contribution in [2.75, 3.05) is 37.5 Å². The number of aliphatic hydroxyl groups excluding tert-OH is 1. The maximum Gasteiger partial charge on any atom is 0.280 e. The average Bonchev–Trinajstić information content (AvgIpc) is 3.14. The van der Waals surface area contributed by atoms with E-state index in [1.165, 1.54) is 0 Å². The number of aryl methyl sites for hydroxylation is 1. The van der Waals surface area contributed by atoms with Crippen LogP contribution in [0.15, 0.2) is 52.4 Å². The lowest BCUT2D eigenvalue weighted by molar-refractivity contribution is -0.125. The first kappa shape index (κ1) is 22.3. The summed E-state index contributed by atoms with van der Waals surface area (Å²) >= 11 is -1.21. The van der Waals surface area contributed by atoms with Crippen LogP contribution >= 0.6 is 0 Å². The van der Waals surface area contributed by atoms with Crippen molar-refractivity contribution in [3.8, 4) is 0 Å². The van der Waals surface area contributed by atoms with Crippen LogP contribution in [0.25, 0.3) is 11.0 Å². The number of fused-ring (bicyclic) bond motifs is 1. The van der Waals surface area contributed by atoms with Crippen molar-refractivity contribution in [3.63, 3.8) is 0 Å². The minimum absolute atomic E-state index is 0.00220. The maximum atomic E-state index is 12.8. The van der Waals surface area contributed by atoms with Gasteiger partial charge in [-0.1, -0.05) is 6.07 Å². The van der Waals surface area contributed by atoms with E-state index in [1.807, 2.05) is 22.8 Å². The molecule has 2 N–H and O–H groups in total. The molecule has 3 aromatic rings. The molecule has 0 bridgehead atoms. The molecule has 10 heteroatoms. The predicted octanol–water partition coefficient (Wildman–Crippen LogP) is 1.19.